The molecule has 1 aromatic rings. The lowest BCUT2D eigenvalue weighted by molar-refractivity contribution is 0.120. The molecule has 16 heavy (non-hydrogen) atoms. The normalized spacial score (nSPS) is 15.9. The van der Waals surface area contributed by atoms with Crippen LogP contribution in [-0.2, 0) is 6.42 Å². The fraction of sp³-hybridized carbons (Fsp3) is 0.538. The molecule has 0 saturated heterocycles. The molecule has 0 atom stereocenters. The monoisotopic (exact) mass is 240 g/mol. The standard InChI is InChI=1S/C13H17ClO2/c14-12-9-10(3-2-8-15)6-7-13(12)16-11-4-1-5-11/h6-7,9,11,15H,1-5,8H2. The number of aliphatic hydroxyl groups excluding tert-OH is 1. The molecule has 0 heterocycles. The molecule has 1 aromatic carbocycles. The molecular weight excluding hydrogens is 224 g/mol. The van der Waals surface area contributed by atoms with Crippen molar-refractivity contribution < 1.29 is 9.84 Å². The zero-order valence-electron chi connectivity index (χ0n) is 9.29. The van der Waals surface area contributed by atoms with Crippen molar-refractivity contribution in [3.8, 4) is 5.75 Å². The first kappa shape index (κ1) is 11.7. The van der Waals surface area contributed by atoms with Gasteiger partial charge in [0.1, 0.15) is 5.75 Å². The van der Waals surface area contributed by atoms with Gasteiger partial charge in [-0.25, -0.2) is 0 Å². The van der Waals surface area contributed by atoms with E-state index in [4.69, 9.17) is 21.4 Å². The van der Waals surface area contributed by atoms with Gasteiger partial charge >= 0.3 is 0 Å². The Kier molecular flexibility index (Phi) is 4.08. The lowest BCUT2D eigenvalue weighted by Crippen LogP contribution is -2.24. The molecule has 0 spiro atoms. The summed E-state index contributed by atoms with van der Waals surface area (Å²) in [6.45, 7) is 0.220. The molecule has 0 aromatic heterocycles. The maximum atomic E-state index is 8.75. The number of hydrogen-bond acceptors (Lipinski definition) is 2. The summed E-state index contributed by atoms with van der Waals surface area (Å²) in [4.78, 5) is 0. The smallest absolute Gasteiger partial charge is 0.138 e. The Morgan fingerprint density at radius 1 is 1.38 bits per heavy atom. The molecule has 1 saturated carbocycles. The Hall–Kier alpha value is -0.730. The highest BCUT2D eigenvalue weighted by atomic mass is 35.5. The Bertz CT molecular complexity index is 348. The van der Waals surface area contributed by atoms with Gasteiger partial charge in [-0.15, -0.1) is 0 Å². The summed E-state index contributed by atoms with van der Waals surface area (Å²) in [7, 11) is 0. The van der Waals surface area contributed by atoms with Crippen LogP contribution < -0.4 is 4.74 Å². The molecule has 0 radical (unpaired) electrons. The number of hydrogen-bond donors (Lipinski definition) is 1. The Balaban J connectivity index is 1.97. The van der Waals surface area contributed by atoms with Crippen LogP contribution in [0.5, 0.6) is 5.75 Å². The fourth-order valence-electron chi connectivity index (χ4n) is 1.75. The second-order valence-electron chi connectivity index (χ2n) is 4.26. The number of rotatable bonds is 5. The van der Waals surface area contributed by atoms with Crippen LogP contribution in [0.25, 0.3) is 0 Å². The number of benzene rings is 1. The lowest BCUT2D eigenvalue weighted by atomic mass is 9.96. The van der Waals surface area contributed by atoms with Crippen LogP contribution >= 0.6 is 11.6 Å². The summed E-state index contributed by atoms with van der Waals surface area (Å²) in [5.74, 6) is 0.791. The zero-order valence-corrected chi connectivity index (χ0v) is 10.0. The van der Waals surface area contributed by atoms with Gasteiger partial charge in [-0.05, 0) is 49.8 Å². The number of aryl methyl sites for hydroxylation is 1. The van der Waals surface area contributed by atoms with Crippen LogP contribution in [0, 0.1) is 0 Å². The fourth-order valence-corrected chi connectivity index (χ4v) is 1.99. The van der Waals surface area contributed by atoms with Crippen molar-refractivity contribution in [1.82, 2.24) is 0 Å². The van der Waals surface area contributed by atoms with Crippen molar-refractivity contribution in [1.29, 1.82) is 0 Å². The quantitative estimate of drug-likeness (QED) is 0.857. The third-order valence-corrected chi connectivity index (χ3v) is 3.26. The van der Waals surface area contributed by atoms with Gasteiger partial charge in [-0.1, -0.05) is 17.7 Å². The van der Waals surface area contributed by atoms with E-state index in [1.54, 1.807) is 0 Å². The second kappa shape index (κ2) is 5.55. The first-order valence-corrected chi connectivity index (χ1v) is 6.23. The average Bonchev–Trinajstić information content (AvgIpc) is 2.22. The van der Waals surface area contributed by atoms with Gasteiger partial charge in [0, 0.05) is 6.61 Å². The second-order valence-corrected chi connectivity index (χ2v) is 4.67. The van der Waals surface area contributed by atoms with Gasteiger partial charge < -0.3 is 9.84 Å². The minimum Gasteiger partial charge on any atom is -0.489 e. The van der Waals surface area contributed by atoms with Crippen LogP contribution in [-0.4, -0.2) is 17.8 Å². The summed E-state index contributed by atoms with van der Waals surface area (Å²) in [5.41, 5.74) is 1.15. The Morgan fingerprint density at radius 3 is 2.75 bits per heavy atom. The summed E-state index contributed by atoms with van der Waals surface area (Å²) >= 11 is 6.15. The van der Waals surface area contributed by atoms with E-state index in [9.17, 15) is 0 Å². The number of ether oxygens (including phenoxy) is 1. The SMILES string of the molecule is OCCCc1ccc(OC2CCC2)c(Cl)c1. The molecule has 0 amide bonds. The topological polar surface area (TPSA) is 29.5 Å². The molecule has 88 valence electrons. The molecule has 3 heteroatoms. The van der Waals surface area contributed by atoms with Gasteiger partial charge in [0.2, 0.25) is 0 Å². The highest BCUT2D eigenvalue weighted by Gasteiger charge is 2.20. The Morgan fingerprint density at radius 2 is 2.19 bits per heavy atom. The van der Waals surface area contributed by atoms with Crippen LogP contribution in [0.2, 0.25) is 5.02 Å². The van der Waals surface area contributed by atoms with E-state index in [1.807, 2.05) is 18.2 Å². The van der Waals surface area contributed by atoms with E-state index in [0.717, 1.165) is 37.0 Å². The van der Waals surface area contributed by atoms with Crippen molar-refractivity contribution >= 4 is 11.6 Å². The predicted molar refractivity (Wildman–Crippen MR) is 65.1 cm³/mol. The van der Waals surface area contributed by atoms with Gasteiger partial charge in [0.15, 0.2) is 0 Å². The van der Waals surface area contributed by atoms with Gasteiger partial charge in [-0.3, -0.25) is 0 Å². The van der Waals surface area contributed by atoms with E-state index in [1.165, 1.54) is 6.42 Å². The minimum atomic E-state index is 0.220. The molecule has 1 aliphatic carbocycles. The molecule has 0 unspecified atom stereocenters. The maximum absolute atomic E-state index is 8.75. The van der Waals surface area contributed by atoms with E-state index in [2.05, 4.69) is 0 Å². The van der Waals surface area contributed by atoms with E-state index in [-0.39, 0.29) is 6.61 Å². The molecule has 2 nitrogen and oxygen atoms in total. The summed E-state index contributed by atoms with van der Waals surface area (Å²) in [5, 5.41) is 9.43. The largest absolute Gasteiger partial charge is 0.489 e. The van der Waals surface area contributed by atoms with Crippen LogP contribution in [0.15, 0.2) is 18.2 Å². The van der Waals surface area contributed by atoms with Crippen molar-refractivity contribution in [2.75, 3.05) is 6.61 Å². The number of halogens is 1. The number of aliphatic hydroxyl groups is 1. The third kappa shape index (κ3) is 2.89. The summed E-state index contributed by atoms with van der Waals surface area (Å²) in [6, 6.07) is 5.90. The predicted octanol–water partition coefficient (Wildman–Crippen LogP) is 3.20. The van der Waals surface area contributed by atoms with Crippen LogP contribution in [0.3, 0.4) is 0 Å². The van der Waals surface area contributed by atoms with E-state index < -0.39 is 0 Å². The van der Waals surface area contributed by atoms with Crippen molar-refractivity contribution in [3.05, 3.63) is 28.8 Å². The molecule has 1 fully saturated rings. The molecule has 0 aliphatic heterocycles. The maximum Gasteiger partial charge on any atom is 0.138 e. The summed E-state index contributed by atoms with van der Waals surface area (Å²) < 4.78 is 5.76. The first-order valence-electron chi connectivity index (χ1n) is 5.85. The van der Waals surface area contributed by atoms with Crippen molar-refractivity contribution in [3.63, 3.8) is 0 Å². The van der Waals surface area contributed by atoms with Gasteiger partial charge in [0.05, 0.1) is 11.1 Å². The third-order valence-electron chi connectivity index (χ3n) is 2.97. The summed E-state index contributed by atoms with van der Waals surface area (Å²) in [6.07, 6.45) is 5.54. The van der Waals surface area contributed by atoms with Gasteiger partial charge in [0.25, 0.3) is 0 Å². The van der Waals surface area contributed by atoms with Gasteiger partial charge in [-0.2, -0.15) is 0 Å². The molecular formula is C13H17ClO2. The molecule has 1 N–H and O–H groups in total. The van der Waals surface area contributed by atoms with Crippen LogP contribution in [0.4, 0.5) is 0 Å². The van der Waals surface area contributed by atoms with E-state index in [0.29, 0.717) is 11.1 Å². The highest BCUT2D eigenvalue weighted by Crippen LogP contribution is 2.31. The Labute approximate surface area is 101 Å². The molecule has 0 bridgehead atoms. The van der Waals surface area contributed by atoms with Crippen molar-refractivity contribution in [2.45, 2.75) is 38.2 Å². The molecule has 1 aliphatic rings. The minimum absolute atomic E-state index is 0.220. The van der Waals surface area contributed by atoms with Crippen molar-refractivity contribution in [2.24, 2.45) is 0 Å². The average molecular weight is 241 g/mol. The highest BCUT2D eigenvalue weighted by molar-refractivity contribution is 6.32. The lowest BCUT2D eigenvalue weighted by Gasteiger charge is -2.26. The van der Waals surface area contributed by atoms with E-state index >= 15 is 0 Å². The zero-order chi connectivity index (χ0) is 11.4. The first-order chi connectivity index (χ1) is 7.79. The molecule has 2 rings (SSSR count). The van der Waals surface area contributed by atoms with Crippen LogP contribution in [0.1, 0.15) is 31.2 Å².